The number of benzene rings is 2. The monoisotopic (exact) mass is 289 g/mol. The van der Waals surface area contributed by atoms with Crippen LogP contribution >= 0.6 is 0 Å². The van der Waals surface area contributed by atoms with Gasteiger partial charge >= 0.3 is 0 Å². The van der Waals surface area contributed by atoms with Crippen LogP contribution < -0.4 is 10.5 Å². The van der Waals surface area contributed by atoms with Gasteiger partial charge < -0.3 is 15.6 Å². The normalized spacial score (nSPS) is 13.7. The van der Waals surface area contributed by atoms with Gasteiger partial charge in [-0.15, -0.1) is 0 Å². The van der Waals surface area contributed by atoms with Crippen molar-refractivity contribution in [3.8, 4) is 5.75 Å². The molecule has 2 aromatic carbocycles. The van der Waals surface area contributed by atoms with Crippen molar-refractivity contribution in [2.75, 3.05) is 20.3 Å². The minimum absolute atomic E-state index is 0.141. The van der Waals surface area contributed by atoms with Crippen molar-refractivity contribution in [2.45, 2.75) is 11.8 Å². The molecule has 2 aromatic rings. The Labute approximate surface area is 124 Å². The zero-order chi connectivity index (χ0) is 15.3. The molecule has 0 saturated carbocycles. The molecule has 0 heterocycles. The Morgan fingerprint density at radius 2 is 1.81 bits per heavy atom. The molecule has 3 N–H and O–H groups in total. The largest absolute Gasteiger partial charge is 0.496 e. The van der Waals surface area contributed by atoms with Crippen LogP contribution in [0.5, 0.6) is 5.75 Å². The minimum atomic E-state index is -0.861. The third-order valence-electron chi connectivity index (χ3n) is 3.86. The number of nitrogens with two attached hydrogens (primary N) is 1. The molecule has 0 bridgehead atoms. The van der Waals surface area contributed by atoms with Gasteiger partial charge in [0.2, 0.25) is 0 Å². The van der Waals surface area contributed by atoms with Crippen LogP contribution in [0.2, 0.25) is 0 Å². The summed E-state index contributed by atoms with van der Waals surface area (Å²) >= 11 is 0. The first-order valence-electron chi connectivity index (χ1n) is 6.84. The molecule has 112 valence electrons. The zero-order valence-electron chi connectivity index (χ0n) is 12.1. The third kappa shape index (κ3) is 3.06. The number of halogens is 1. The second kappa shape index (κ2) is 6.70. The number of hydrogen-bond acceptors (Lipinski definition) is 3. The van der Waals surface area contributed by atoms with Gasteiger partial charge in [-0.2, -0.15) is 0 Å². The molecule has 1 unspecified atom stereocenters. The first kappa shape index (κ1) is 15.5. The average molecular weight is 289 g/mol. The van der Waals surface area contributed by atoms with Gasteiger partial charge in [-0.1, -0.05) is 36.4 Å². The van der Waals surface area contributed by atoms with Gasteiger partial charge in [0.1, 0.15) is 11.6 Å². The van der Waals surface area contributed by atoms with E-state index in [2.05, 4.69) is 0 Å². The van der Waals surface area contributed by atoms with Gasteiger partial charge in [0.05, 0.1) is 13.7 Å². The summed E-state index contributed by atoms with van der Waals surface area (Å²) in [4.78, 5) is 0. The van der Waals surface area contributed by atoms with E-state index in [1.54, 1.807) is 25.3 Å². The highest BCUT2D eigenvalue weighted by atomic mass is 19.1. The Bertz CT molecular complexity index is 597. The molecule has 0 aliphatic carbocycles. The summed E-state index contributed by atoms with van der Waals surface area (Å²) < 4.78 is 19.5. The van der Waals surface area contributed by atoms with Gasteiger partial charge in [0, 0.05) is 12.0 Å². The highest BCUT2D eigenvalue weighted by Gasteiger charge is 2.33. The highest BCUT2D eigenvalue weighted by molar-refractivity contribution is 5.38. The van der Waals surface area contributed by atoms with Crippen LogP contribution in [-0.2, 0) is 11.8 Å². The lowest BCUT2D eigenvalue weighted by molar-refractivity contribution is 0.191. The number of hydrogen-bond donors (Lipinski definition) is 2. The molecule has 21 heavy (non-hydrogen) atoms. The fraction of sp³-hybridized carbons (Fsp3) is 0.294. The van der Waals surface area contributed by atoms with Crippen molar-refractivity contribution >= 4 is 0 Å². The predicted molar refractivity (Wildman–Crippen MR) is 80.9 cm³/mol. The fourth-order valence-electron chi connectivity index (χ4n) is 2.59. The molecule has 3 nitrogen and oxygen atoms in total. The van der Waals surface area contributed by atoms with E-state index in [0.717, 1.165) is 5.56 Å². The maximum atomic E-state index is 14.1. The number of ether oxygens (including phenoxy) is 1. The Morgan fingerprint density at radius 1 is 1.14 bits per heavy atom. The van der Waals surface area contributed by atoms with Crippen LogP contribution in [0.4, 0.5) is 4.39 Å². The van der Waals surface area contributed by atoms with E-state index in [1.165, 1.54) is 6.07 Å². The van der Waals surface area contributed by atoms with Gasteiger partial charge in [0.25, 0.3) is 0 Å². The van der Waals surface area contributed by atoms with Crippen LogP contribution in [0, 0.1) is 5.82 Å². The summed E-state index contributed by atoms with van der Waals surface area (Å²) in [5.41, 5.74) is 6.35. The van der Waals surface area contributed by atoms with E-state index in [1.807, 2.05) is 24.3 Å². The van der Waals surface area contributed by atoms with Crippen molar-refractivity contribution in [1.29, 1.82) is 0 Å². The average Bonchev–Trinajstić information content (AvgIpc) is 2.54. The van der Waals surface area contributed by atoms with Crippen molar-refractivity contribution in [1.82, 2.24) is 0 Å². The maximum absolute atomic E-state index is 14.1. The highest BCUT2D eigenvalue weighted by Crippen LogP contribution is 2.32. The smallest absolute Gasteiger partial charge is 0.127 e. The zero-order valence-corrected chi connectivity index (χ0v) is 12.1. The Hall–Kier alpha value is -1.91. The number of aliphatic hydroxyl groups excluding tert-OH is 1. The maximum Gasteiger partial charge on any atom is 0.127 e. The van der Waals surface area contributed by atoms with E-state index in [-0.39, 0.29) is 19.0 Å². The lowest BCUT2D eigenvalue weighted by Gasteiger charge is -2.32. The summed E-state index contributed by atoms with van der Waals surface area (Å²) in [6.07, 6.45) is 0.408. The molecule has 0 fully saturated rings. The summed E-state index contributed by atoms with van der Waals surface area (Å²) in [5, 5.41) is 9.89. The topological polar surface area (TPSA) is 55.5 Å². The van der Waals surface area contributed by atoms with Crippen LogP contribution in [0.1, 0.15) is 11.1 Å². The number of methoxy groups -OCH3 is 1. The van der Waals surface area contributed by atoms with Crippen molar-refractivity contribution in [3.05, 3.63) is 65.5 Å². The third-order valence-corrected chi connectivity index (χ3v) is 3.86. The molecule has 0 aromatic heterocycles. The van der Waals surface area contributed by atoms with E-state index >= 15 is 0 Å². The molecule has 2 rings (SSSR count). The lowest BCUT2D eigenvalue weighted by atomic mass is 9.75. The molecule has 0 amide bonds. The quantitative estimate of drug-likeness (QED) is 0.857. The van der Waals surface area contributed by atoms with Crippen molar-refractivity contribution in [2.24, 2.45) is 5.73 Å². The van der Waals surface area contributed by atoms with Crippen molar-refractivity contribution < 1.29 is 14.2 Å². The van der Waals surface area contributed by atoms with Crippen LogP contribution in [0.15, 0.2) is 48.5 Å². The van der Waals surface area contributed by atoms with Crippen molar-refractivity contribution in [3.63, 3.8) is 0 Å². The van der Waals surface area contributed by atoms with Crippen LogP contribution in [0.25, 0.3) is 0 Å². The van der Waals surface area contributed by atoms with Crippen LogP contribution in [-0.4, -0.2) is 25.4 Å². The molecular formula is C17H20FNO2. The summed E-state index contributed by atoms with van der Waals surface area (Å²) in [6.45, 7) is -0.0923. The molecule has 0 aliphatic rings. The predicted octanol–water partition coefficient (Wildman–Crippen LogP) is 2.27. The molecule has 0 aliphatic heterocycles. The number of aliphatic hydroxyl groups is 1. The SMILES string of the molecule is COc1ccccc1CC(CN)(CO)c1ccccc1F. The first-order chi connectivity index (χ1) is 10.2. The first-order valence-corrected chi connectivity index (χ1v) is 6.84. The molecule has 4 heteroatoms. The van der Waals surface area contributed by atoms with Gasteiger partial charge in [0.15, 0.2) is 0 Å². The van der Waals surface area contributed by atoms with E-state index < -0.39 is 5.41 Å². The standard InChI is InChI=1S/C17H20FNO2/c1-21-16-9-5-2-6-13(16)10-17(11-19,12-20)14-7-3-4-8-15(14)18/h2-9,20H,10-12,19H2,1H3. The Morgan fingerprint density at radius 3 is 2.43 bits per heavy atom. The summed E-state index contributed by atoms with van der Waals surface area (Å²) in [7, 11) is 1.59. The second-order valence-corrected chi connectivity index (χ2v) is 5.11. The number of rotatable bonds is 6. The second-order valence-electron chi connectivity index (χ2n) is 5.11. The van der Waals surface area contributed by atoms with Gasteiger partial charge in [-0.25, -0.2) is 4.39 Å². The number of para-hydroxylation sites is 1. The molecule has 1 atom stereocenters. The Kier molecular flexibility index (Phi) is 4.94. The van der Waals surface area contributed by atoms with E-state index in [4.69, 9.17) is 10.5 Å². The molecule has 0 saturated heterocycles. The Balaban J connectivity index is 2.46. The lowest BCUT2D eigenvalue weighted by Crippen LogP contribution is -2.41. The summed E-state index contributed by atoms with van der Waals surface area (Å²) in [6, 6.07) is 13.9. The van der Waals surface area contributed by atoms with Crippen LogP contribution in [0.3, 0.4) is 0 Å². The fourth-order valence-corrected chi connectivity index (χ4v) is 2.59. The minimum Gasteiger partial charge on any atom is -0.496 e. The van der Waals surface area contributed by atoms with E-state index in [0.29, 0.717) is 17.7 Å². The molecule has 0 radical (unpaired) electrons. The molecule has 0 spiro atoms. The molecular weight excluding hydrogens is 269 g/mol. The van der Waals surface area contributed by atoms with Gasteiger partial charge in [-0.3, -0.25) is 0 Å². The van der Waals surface area contributed by atoms with E-state index in [9.17, 15) is 9.50 Å². The summed E-state index contributed by atoms with van der Waals surface area (Å²) in [5.74, 6) is 0.354. The van der Waals surface area contributed by atoms with Gasteiger partial charge in [-0.05, 0) is 29.7 Å².